The predicted octanol–water partition coefficient (Wildman–Crippen LogP) is 6.12. The van der Waals surface area contributed by atoms with Crippen LogP contribution in [0.3, 0.4) is 0 Å². The molecule has 2 aromatic carbocycles. The molecule has 0 fully saturated rings. The molecule has 0 unspecified atom stereocenters. The molecule has 5 heteroatoms. The van der Waals surface area contributed by atoms with Crippen molar-refractivity contribution >= 4 is 0 Å². The Kier molecular flexibility index (Phi) is 8.62. The van der Waals surface area contributed by atoms with Crippen LogP contribution in [0.15, 0.2) is 36.4 Å². The average molecular weight is 374 g/mol. The number of phenols is 3. The first kappa shape index (κ1) is 20.7. The average Bonchev–Trinajstić information content (AvgIpc) is 2.64. The van der Waals surface area contributed by atoms with Gasteiger partial charge in [-0.2, -0.15) is 0 Å². The summed E-state index contributed by atoms with van der Waals surface area (Å²) in [6.07, 6.45) is 9.73. The summed E-state index contributed by atoms with van der Waals surface area (Å²) in [4.78, 5) is 0. The maximum Gasteiger partial charge on any atom is 0.169 e. The molecule has 3 N–H and O–H groups in total. The van der Waals surface area contributed by atoms with E-state index in [1.807, 2.05) is 0 Å². The van der Waals surface area contributed by atoms with E-state index in [0.717, 1.165) is 12.8 Å². The van der Waals surface area contributed by atoms with Crippen LogP contribution in [0, 0.1) is 0 Å². The van der Waals surface area contributed by atoms with E-state index in [4.69, 9.17) is 9.47 Å². The Hall–Kier alpha value is -2.56. The van der Waals surface area contributed by atoms with Crippen molar-refractivity contribution in [2.45, 2.75) is 58.3 Å². The lowest BCUT2D eigenvalue weighted by Crippen LogP contribution is -1.99. The number of hydrogen-bond donors (Lipinski definition) is 3. The Morgan fingerprint density at radius 1 is 0.667 bits per heavy atom. The Labute approximate surface area is 161 Å². The Morgan fingerprint density at radius 3 is 1.93 bits per heavy atom. The SMILES string of the molecule is CCCCCCCCCCOc1cc(O)ccc1Oc1ccc(O)cc1O. The zero-order valence-corrected chi connectivity index (χ0v) is 16.0. The fourth-order valence-electron chi connectivity index (χ4n) is 2.82. The fourth-order valence-corrected chi connectivity index (χ4v) is 2.82. The Bertz CT molecular complexity index is 699. The third kappa shape index (κ3) is 7.29. The van der Waals surface area contributed by atoms with E-state index in [1.165, 1.54) is 68.9 Å². The molecular formula is C22H30O5. The highest BCUT2D eigenvalue weighted by molar-refractivity contribution is 5.51. The third-order valence-electron chi connectivity index (χ3n) is 4.35. The van der Waals surface area contributed by atoms with E-state index in [9.17, 15) is 15.3 Å². The number of benzene rings is 2. The quantitative estimate of drug-likeness (QED) is 0.390. The molecule has 0 radical (unpaired) electrons. The summed E-state index contributed by atoms with van der Waals surface area (Å²) in [7, 11) is 0. The first-order valence-electron chi connectivity index (χ1n) is 9.76. The second-order valence-electron chi connectivity index (χ2n) is 6.71. The second kappa shape index (κ2) is 11.2. The minimum atomic E-state index is -0.169. The van der Waals surface area contributed by atoms with Gasteiger partial charge in [-0.1, -0.05) is 51.9 Å². The highest BCUT2D eigenvalue weighted by atomic mass is 16.5. The highest BCUT2D eigenvalue weighted by Gasteiger charge is 2.11. The molecule has 2 aromatic rings. The smallest absolute Gasteiger partial charge is 0.169 e. The zero-order chi connectivity index (χ0) is 19.5. The molecule has 0 bridgehead atoms. The summed E-state index contributed by atoms with van der Waals surface area (Å²) >= 11 is 0. The van der Waals surface area contributed by atoms with Gasteiger partial charge < -0.3 is 24.8 Å². The first-order valence-corrected chi connectivity index (χ1v) is 9.76. The Morgan fingerprint density at radius 2 is 1.26 bits per heavy atom. The molecule has 0 aromatic heterocycles. The van der Waals surface area contributed by atoms with E-state index < -0.39 is 0 Å². The van der Waals surface area contributed by atoms with Crippen LogP contribution in [0.5, 0.6) is 34.5 Å². The van der Waals surface area contributed by atoms with Gasteiger partial charge in [-0.05, 0) is 30.7 Å². The van der Waals surface area contributed by atoms with Crippen molar-refractivity contribution in [3.8, 4) is 34.5 Å². The maximum absolute atomic E-state index is 9.87. The van der Waals surface area contributed by atoms with Gasteiger partial charge in [-0.15, -0.1) is 0 Å². The number of phenolic OH excluding ortho intramolecular Hbond substituents is 3. The van der Waals surface area contributed by atoms with Gasteiger partial charge in [0.1, 0.15) is 11.5 Å². The van der Waals surface area contributed by atoms with Crippen LogP contribution < -0.4 is 9.47 Å². The molecule has 0 heterocycles. The van der Waals surface area contributed by atoms with Crippen LogP contribution in [0.25, 0.3) is 0 Å². The monoisotopic (exact) mass is 374 g/mol. The molecule has 2 rings (SSSR count). The van der Waals surface area contributed by atoms with E-state index in [2.05, 4.69) is 6.92 Å². The summed E-state index contributed by atoms with van der Waals surface area (Å²) in [6.45, 7) is 2.76. The molecule has 0 aliphatic carbocycles. The molecule has 0 atom stereocenters. The van der Waals surface area contributed by atoms with Crippen LogP contribution in [0.2, 0.25) is 0 Å². The normalized spacial score (nSPS) is 10.7. The van der Waals surface area contributed by atoms with Gasteiger partial charge in [-0.3, -0.25) is 0 Å². The van der Waals surface area contributed by atoms with Crippen molar-refractivity contribution in [1.82, 2.24) is 0 Å². The number of rotatable bonds is 12. The lowest BCUT2D eigenvalue weighted by atomic mass is 10.1. The van der Waals surface area contributed by atoms with Crippen LogP contribution in [-0.4, -0.2) is 21.9 Å². The fraction of sp³-hybridized carbons (Fsp3) is 0.455. The van der Waals surface area contributed by atoms with Gasteiger partial charge in [0.25, 0.3) is 0 Å². The minimum absolute atomic E-state index is 0.0447. The predicted molar refractivity (Wildman–Crippen MR) is 106 cm³/mol. The van der Waals surface area contributed by atoms with Crippen LogP contribution in [0.4, 0.5) is 0 Å². The van der Waals surface area contributed by atoms with Crippen LogP contribution in [-0.2, 0) is 0 Å². The second-order valence-corrected chi connectivity index (χ2v) is 6.71. The van der Waals surface area contributed by atoms with Crippen molar-refractivity contribution in [2.24, 2.45) is 0 Å². The van der Waals surface area contributed by atoms with Crippen LogP contribution in [0.1, 0.15) is 58.3 Å². The first-order chi connectivity index (χ1) is 13.1. The van der Waals surface area contributed by atoms with Crippen molar-refractivity contribution in [3.63, 3.8) is 0 Å². The standard InChI is InChI=1S/C22H30O5/c1-2-3-4-5-6-7-8-9-14-26-22-16-18(24)11-13-21(22)27-20-12-10-17(23)15-19(20)25/h10-13,15-16,23-25H,2-9,14H2,1H3. The van der Waals surface area contributed by atoms with Crippen molar-refractivity contribution in [3.05, 3.63) is 36.4 Å². The molecule has 0 aliphatic rings. The van der Waals surface area contributed by atoms with Crippen LogP contribution >= 0.6 is 0 Å². The topological polar surface area (TPSA) is 79.2 Å². The zero-order valence-electron chi connectivity index (χ0n) is 16.0. The number of aromatic hydroxyl groups is 3. The summed E-state index contributed by atoms with van der Waals surface area (Å²) in [5.41, 5.74) is 0. The van der Waals surface area contributed by atoms with E-state index in [0.29, 0.717) is 18.1 Å². The van der Waals surface area contributed by atoms with Gasteiger partial charge in [0.2, 0.25) is 0 Å². The third-order valence-corrected chi connectivity index (χ3v) is 4.35. The summed E-state index contributed by atoms with van der Waals surface area (Å²) < 4.78 is 11.5. The van der Waals surface area contributed by atoms with Crippen molar-refractivity contribution in [1.29, 1.82) is 0 Å². The molecular weight excluding hydrogens is 344 g/mol. The Balaban J connectivity index is 1.83. The largest absolute Gasteiger partial charge is 0.508 e. The highest BCUT2D eigenvalue weighted by Crippen LogP contribution is 2.38. The van der Waals surface area contributed by atoms with Gasteiger partial charge >= 0.3 is 0 Å². The number of ether oxygens (including phenoxy) is 2. The summed E-state index contributed by atoms with van der Waals surface area (Å²) in [6, 6.07) is 8.69. The van der Waals surface area contributed by atoms with Gasteiger partial charge in [0.05, 0.1) is 6.61 Å². The van der Waals surface area contributed by atoms with Gasteiger partial charge in [-0.25, -0.2) is 0 Å². The molecule has 27 heavy (non-hydrogen) atoms. The lowest BCUT2D eigenvalue weighted by molar-refractivity contribution is 0.287. The van der Waals surface area contributed by atoms with E-state index in [-0.39, 0.29) is 23.0 Å². The molecule has 148 valence electrons. The molecule has 5 nitrogen and oxygen atoms in total. The maximum atomic E-state index is 9.87. The molecule has 0 amide bonds. The van der Waals surface area contributed by atoms with E-state index in [1.54, 1.807) is 6.07 Å². The summed E-state index contributed by atoms with van der Waals surface area (Å²) in [5.74, 6) is 0.895. The molecule has 0 saturated heterocycles. The molecule has 0 spiro atoms. The minimum Gasteiger partial charge on any atom is -0.508 e. The van der Waals surface area contributed by atoms with Gasteiger partial charge in [0.15, 0.2) is 23.0 Å². The van der Waals surface area contributed by atoms with Gasteiger partial charge in [0, 0.05) is 12.1 Å². The van der Waals surface area contributed by atoms with Crippen molar-refractivity contribution in [2.75, 3.05) is 6.61 Å². The number of hydrogen-bond acceptors (Lipinski definition) is 5. The van der Waals surface area contributed by atoms with Crippen molar-refractivity contribution < 1.29 is 24.8 Å². The summed E-state index contributed by atoms with van der Waals surface area (Å²) in [5, 5.41) is 29.0. The number of unbranched alkanes of at least 4 members (excludes halogenated alkanes) is 7. The molecule has 0 saturated carbocycles. The van der Waals surface area contributed by atoms with E-state index >= 15 is 0 Å². The lowest BCUT2D eigenvalue weighted by Gasteiger charge is -2.14. The molecule has 0 aliphatic heterocycles.